The van der Waals surface area contributed by atoms with E-state index in [4.69, 9.17) is 4.74 Å². The summed E-state index contributed by atoms with van der Waals surface area (Å²) in [6, 6.07) is 6.30. The Bertz CT molecular complexity index is 268. The predicted molar refractivity (Wildman–Crippen MR) is 43.8 cm³/mol. The number of non-ortho nitro benzene ring substituents is 1. The van der Waals surface area contributed by atoms with Crippen LogP contribution in [0.25, 0.3) is 0 Å². The van der Waals surface area contributed by atoms with Gasteiger partial charge in [0, 0.05) is 19.2 Å². The zero-order valence-electron chi connectivity index (χ0n) is 6.69. The van der Waals surface area contributed by atoms with Crippen LogP contribution in [0, 0.1) is 10.1 Å². The van der Waals surface area contributed by atoms with E-state index in [1.54, 1.807) is 19.2 Å². The van der Waals surface area contributed by atoms with Gasteiger partial charge in [-0.2, -0.15) is 0 Å². The molecule has 0 spiro atoms. The van der Waals surface area contributed by atoms with Crippen LogP contribution < -0.4 is 0 Å². The molecule has 0 saturated carbocycles. The average Bonchev–Trinajstić information content (AvgIpc) is 2.06. The fraction of sp³-hybridized carbons (Fsp3) is 0.250. The summed E-state index contributed by atoms with van der Waals surface area (Å²) < 4.78 is 4.86. The Morgan fingerprint density at radius 2 is 2.00 bits per heavy atom. The van der Waals surface area contributed by atoms with Gasteiger partial charge in [0.25, 0.3) is 5.69 Å². The smallest absolute Gasteiger partial charge is 0.269 e. The lowest BCUT2D eigenvalue weighted by atomic mass is 10.2. The van der Waals surface area contributed by atoms with Crippen LogP contribution in [0.5, 0.6) is 0 Å². The Balaban J connectivity index is 2.78. The van der Waals surface area contributed by atoms with Crippen molar-refractivity contribution in [2.75, 3.05) is 7.11 Å². The highest BCUT2D eigenvalue weighted by Crippen LogP contribution is 2.11. The van der Waals surface area contributed by atoms with Gasteiger partial charge in [0.1, 0.15) is 0 Å². The predicted octanol–water partition coefficient (Wildman–Crippen LogP) is 1.74. The molecule has 0 atom stereocenters. The molecule has 1 aromatic rings. The molecule has 0 fully saturated rings. The quantitative estimate of drug-likeness (QED) is 0.509. The standard InChI is InChI=1S/C8H9NO3/c1-12-6-7-2-4-8(5-3-7)9(10)11/h2-5H,6H2,1H3. The minimum atomic E-state index is -0.420. The molecule has 1 aromatic carbocycles. The summed E-state index contributed by atoms with van der Waals surface area (Å²) >= 11 is 0. The third kappa shape index (κ3) is 2.03. The van der Waals surface area contributed by atoms with E-state index >= 15 is 0 Å². The third-order valence-corrected chi connectivity index (χ3v) is 1.46. The second-order valence-electron chi connectivity index (χ2n) is 2.36. The Hall–Kier alpha value is -1.42. The van der Waals surface area contributed by atoms with Gasteiger partial charge in [-0.3, -0.25) is 10.1 Å². The molecule has 0 N–H and O–H groups in total. The number of nitrogens with zero attached hydrogens (tertiary/aromatic N) is 1. The molecule has 1 rings (SSSR count). The molecule has 4 nitrogen and oxygen atoms in total. The average molecular weight is 167 g/mol. The van der Waals surface area contributed by atoms with Gasteiger partial charge in [-0.1, -0.05) is 0 Å². The Kier molecular flexibility index (Phi) is 2.76. The molecule has 4 heteroatoms. The van der Waals surface area contributed by atoms with E-state index in [-0.39, 0.29) is 5.69 Å². The molecule has 0 aromatic heterocycles. The van der Waals surface area contributed by atoms with Gasteiger partial charge >= 0.3 is 0 Å². The largest absolute Gasteiger partial charge is 0.380 e. The maximum atomic E-state index is 10.2. The maximum absolute atomic E-state index is 10.2. The number of methoxy groups -OCH3 is 1. The number of rotatable bonds is 3. The Morgan fingerprint density at radius 1 is 1.42 bits per heavy atom. The minimum absolute atomic E-state index is 0.106. The van der Waals surface area contributed by atoms with E-state index in [0.29, 0.717) is 6.61 Å². The molecule has 0 heterocycles. The monoisotopic (exact) mass is 167 g/mol. The van der Waals surface area contributed by atoms with Crippen molar-refractivity contribution in [1.82, 2.24) is 0 Å². The molecule has 64 valence electrons. The van der Waals surface area contributed by atoms with Gasteiger partial charge < -0.3 is 4.74 Å². The maximum Gasteiger partial charge on any atom is 0.269 e. The van der Waals surface area contributed by atoms with Crippen molar-refractivity contribution in [2.45, 2.75) is 6.61 Å². The molecule has 0 saturated heterocycles. The van der Waals surface area contributed by atoms with Crippen LogP contribution in [-0.2, 0) is 11.3 Å². The number of hydrogen-bond acceptors (Lipinski definition) is 3. The van der Waals surface area contributed by atoms with E-state index in [1.807, 2.05) is 0 Å². The van der Waals surface area contributed by atoms with Crippen LogP contribution in [0.1, 0.15) is 5.56 Å². The van der Waals surface area contributed by atoms with Crippen LogP contribution in [0.4, 0.5) is 5.69 Å². The second-order valence-corrected chi connectivity index (χ2v) is 2.36. The fourth-order valence-electron chi connectivity index (χ4n) is 0.881. The fourth-order valence-corrected chi connectivity index (χ4v) is 0.881. The molecule has 0 unspecified atom stereocenters. The van der Waals surface area contributed by atoms with Gasteiger partial charge in [0.2, 0.25) is 0 Å². The third-order valence-electron chi connectivity index (χ3n) is 1.46. The highest BCUT2D eigenvalue weighted by atomic mass is 16.6. The SMILES string of the molecule is COCc1ccc([N+](=O)[O-])cc1. The lowest BCUT2D eigenvalue weighted by Crippen LogP contribution is -1.90. The number of nitro groups is 1. The molecule has 0 radical (unpaired) electrons. The second kappa shape index (κ2) is 3.82. The topological polar surface area (TPSA) is 52.4 Å². The summed E-state index contributed by atoms with van der Waals surface area (Å²) in [5.41, 5.74) is 1.04. The van der Waals surface area contributed by atoms with E-state index in [9.17, 15) is 10.1 Å². The molecular weight excluding hydrogens is 158 g/mol. The van der Waals surface area contributed by atoms with E-state index in [1.165, 1.54) is 12.1 Å². The first kappa shape index (κ1) is 8.67. The zero-order chi connectivity index (χ0) is 8.97. The van der Waals surface area contributed by atoms with Crippen LogP contribution in [0.2, 0.25) is 0 Å². The summed E-state index contributed by atoms with van der Waals surface area (Å²) in [7, 11) is 1.58. The summed E-state index contributed by atoms with van der Waals surface area (Å²) in [6.07, 6.45) is 0. The normalized spacial score (nSPS) is 9.75. The van der Waals surface area contributed by atoms with Crippen molar-refractivity contribution in [3.8, 4) is 0 Å². The zero-order valence-corrected chi connectivity index (χ0v) is 6.69. The van der Waals surface area contributed by atoms with Crippen LogP contribution in [-0.4, -0.2) is 12.0 Å². The Morgan fingerprint density at radius 3 is 2.42 bits per heavy atom. The summed E-state index contributed by atoms with van der Waals surface area (Å²) in [6.45, 7) is 0.484. The van der Waals surface area contributed by atoms with Crippen molar-refractivity contribution < 1.29 is 9.66 Å². The molecule has 0 aliphatic heterocycles. The first-order chi connectivity index (χ1) is 5.74. The highest BCUT2D eigenvalue weighted by Gasteiger charge is 2.02. The first-order valence-electron chi connectivity index (χ1n) is 3.46. The van der Waals surface area contributed by atoms with Gasteiger partial charge in [0.15, 0.2) is 0 Å². The van der Waals surface area contributed by atoms with Gasteiger partial charge in [0.05, 0.1) is 11.5 Å². The van der Waals surface area contributed by atoms with Crippen LogP contribution in [0.15, 0.2) is 24.3 Å². The van der Waals surface area contributed by atoms with Gasteiger partial charge in [-0.05, 0) is 17.7 Å². The van der Waals surface area contributed by atoms with Crippen LogP contribution >= 0.6 is 0 Å². The van der Waals surface area contributed by atoms with E-state index < -0.39 is 4.92 Å². The first-order valence-corrected chi connectivity index (χ1v) is 3.46. The lowest BCUT2D eigenvalue weighted by molar-refractivity contribution is -0.384. The van der Waals surface area contributed by atoms with Crippen molar-refractivity contribution in [3.63, 3.8) is 0 Å². The molecule has 0 aliphatic rings. The van der Waals surface area contributed by atoms with Gasteiger partial charge in [-0.15, -0.1) is 0 Å². The summed E-state index contributed by atoms with van der Waals surface area (Å²) in [5, 5.41) is 10.2. The van der Waals surface area contributed by atoms with Crippen molar-refractivity contribution in [2.24, 2.45) is 0 Å². The number of nitro benzene ring substituents is 1. The minimum Gasteiger partial charge on any atom is -0.380 e. The van der Waals surface area contributed by atoms with E-state index in [2.05, 4.69) is 0 Å². The number of hydrogen-bond donors (Lipinski definition) is 0. The summed E-state index contributed by atoms with van der Waals surface area (Å²) in [5.74, 6) is 0. The van der Waals surface area contributed by atoms with Crippen molar-refractivity contribution >= 4 is 5.69 Å². The number of ether oxygens (including phenoxy) is 1. The molecule has 0 bridgehead atoms. The molecule has 12 heavy (non-hydrogen) atoms. The Labute approximate surface area is 69.9 Å². The molecular formula is C8H9NO3. The lowest BCUT2D eigenvalue weighted by Gasteiger charge is -1.97. The van der Waals surface area contributed by atoms with Gasteiger partial charge in [-0.25, -0.2) is 0 Å². The van der Waals surface area contributed by atoms with E-state index in [0.717, 1.165) is 5.56 Å². The van der Waals surface area contributed by atoms with Crippen LogP contribution in [0.3, 0.4) is 0 Å². The number of benzene rings is 1. The van der Waals surface area contributed by atoms with Crippen molar-refractivity contribution in [3.05, 3.63) is 39.9 Å². The molecule has 0 amide bonds. The molecule has 0 aliphatic carbocycles. The highest BCUT2D eigenvalue weighted by molar-refractivity contribution is 5.32. The summed E-state index contributed by atoms with van der Waals surface area (Å²) in [4.78, 5) is 9.82. The van der Waals surface area contributed by atoms with Crippen molar-refractivity contribution in [1.29, 1.82) is 0 Å².